The highest BCUT2D eigenvalue weighted by atomic mass is 32.1. The molecule has 2 fully saturated rings. The molecular formula is C22H38N6OS. The molecule has 0 aliphatic carbocycles. The molecule has 168 valence electrons. The lowest BCUT2D eigenvalue weighted by molar-refractivity contribution is -0.133. The SMILES string of the molecule is CCNC(=NCCCN1CCCC1C(=O)N(C)C)NC1CCN(c2cccs2)CC1. The number of amides is 1. The van der Waals surface area contributed by atoms with Gasteiger partial charge in [0.15, 0.2) is 5.96 Å². The fraction of sp³-hybridized carbons (Fsp3) is 0.727. The zero-order valence-electron chi connectivity index (χ0n) is 18.8. The molecule has 0 bridgehead atoms. The van der Waals surface area contributed by atoms with Crippen molar-refractivity contribution in [1.29, 1.82) is 0 Å². The van der Waals surface area contributed by atoms with Crippen LogP contribution in [-0.4, -0.2) is 87.1 Å². The van der Waals surface area contributed by atoms with Gasteiger partial charge < -0.3 is 20.4 Å². The van der Waals surface area contributed by atoms with Crippen molar-refractivity contribution in [3.63, 3.8) is 0 Å². The molecule has 3 heterocycles. The Bertz CT molecular complexity index is 669. The number of thiophene rings is 1. The highest BCUT2D eigenvalue weighted by Gasteiger charge is 2.31. The van der Waals surface area contributed by atoms with E-state index in [2.05, 4.69) is 44.9 Å². The van der Waals surface area contributed by atoms with E-state index < -0.39 is 0 Å². The van der Waals surface area contributed by atoms with Crippen LogP contribution < -0.4 is 15.5 Å². The van der Waals surface area contributed by atoms with Crippen molar-refractivity contribution < 1.29 is 4.79 Å². The Morgan fingerprint density at radius 2 is 2.07 bits per heavy atom. The first-order valence-corrected chi connectivity index (χ1v) is 12.2. The molecule has 1 aromatic rings. The van der Waals surface area contributed by atoms with E-state index in [1.54, 1.807) is 4.90 Å². The third-order valence-electron chi connectivity index (χ3n) is 5.96. The molecule has 30 heavy (non-hydrogen) atoms. The molecule has 0 spiro atoms. The second-order valence-corrected chi connectivity index (χ2v) is 9.32. The fourth-order valence-corrected chi connectivity index (χ4v) is 5.13. The number of guanidine groups is 1. The van der Waals surface area contributed by atoms with E-state index in [0.29, 0.717) is 6.04 Å². The number of rotatable bonds is 8. The maximum absolute atomic E-state index is 12.3. The molecule has 1 amide bonds. The highest BCUT2D eigenvalue weighted by molar-refractivity contribution is 7.14. The average Bonchev–Trinajstić information content (AvgIpc) is 3.43. The van der Waals surface area contributed by atoms with Crippen molar-refractivity contribution in [3.05, 3.63) is 17.5 Å². The topological polar surface area (TPSA) is 63.2 Å². The van der Waals surface area contributed by atoms with Crippen LogP contribution in [0.5, 0.6) is 0 Å². The van der Waals surface area contributed by atoms with Gasteiger partial charge in [-0.05, 0) is 63.1 Å². The lowest BCUT2D eigenvalue weighted by atomic mass is 10.1. The monoisotopic (exact) mass is 434 g/mol. The first kappa shape index (κ1) is 22.9. The third-order valence-corrected chi connectivity index (χ3v) is 6.89. The molecule has 1 atom stereocenters. The number of aliphatic imine (C=N–C) groups is 1. The number of carbonyl (C=O) groups excluding carboxylic acids is 1. The van der Waals surface area contributed by atoms with E-state index in [1.807, 2.05) is 25.4 Å². The molecule has 2 N–H and O–H groups in total. The highest BCUT2D eigenvalue weighted by Crippen LogP contribution is 2.24. The standard InChI is InChI=1S/C22H38N6OS/c1-4-23-22(25-18-10-15-28(16-11-18)20-9-6-17-30-20)24-12-7-14-27-13-5-8-19(27)21(29)26(2)3/h6,9,17-19H,4-5,7-8,10-16H2,1-3H3,(H2,23,24,25). The summed E-state index contributed by atoms with van der Waals surface area (Å²) in [6, 6.07) is 4.87. The van der Waals surface area contributed by atoms with Gasteiger partial charge in [0.05, 0.1) is 11.0 Å². The molecule has 2 saturated heterocycles. The lowest BCUT2D eigenvalue weighted by Gasteiger charge is -2.33. The Labute approximate surface area is 185 Å². The van der Waals surface area contributed by atoms with E-state index in [0.717, 1.165) is 77.3 Å². The van der Waals surface area contributed by atoms with Gasteiger partial charge in [0, 0.05) is 52.9 Å². The van der Waals surface area contributed by atoms with Crippen LogP contribution in [0.1, 0.15) is 39.0 Å². The number of nitrogens with zero attached hydrogens (tertiary/aromatic N) is 4. The summed E-state index contributed by atoms with van der Waals surface area (Å²) in [5, 5.41) is 10.6. The predicted molar refractivity (Wildman–Crippen MR) is 127 cm³/mol. The van der Waals surface area contributed by atoms with Crippen molar-refractivity contribution in [2.24, 2.45) is 4.99 Å². The van der Waals surface area contributed by atoms with Crippen LogP contribution in [0.4, 0.5) is 5.00 Å². The molecule has 8 heteroatoms. The van der Waals surface area contributed by atoms with Crippen molar-refractivity contribution in [3.8, 4) is 0 Å². The Kier molecular flexibility index (Phi) is 8.81. The summed E-state index contributed by atoms with van der Waals surface area (Å²) >= 11 is 1.82. The minimum Gasteiger partial charge on any atom is -0.363 e. The number of hydrogen-bond donors (Lipinski definition) is 2. The van der Waals surface area contributed by atoms with Crippen LogP contribution in [0.3, 0.4) is 0 Å². The van der Waals surface area contributed by atoms with Crippen LogP contribution in [0, 0.1) is 0 Å². The Balaban J connectivity index is 1.42. The molecule has 0 radical (unpaired) electrons. The van der Waals surface area contributed by atoms with E-state index >= 15 is 0 Å². The number of hydrogen-bond acceptors (Lipinski definition) is 5. The third kappa shape index (κ3) is 6.35. The van der Waals surface area contributed by atoms with Crippen molar-refractivity contribution in [2.75, 3.05) is 58.3 Å². The molecular weight excluding hydrogens is 396 g/mol. The van der Waals surface area contributed by atoms with Gasteiger partial charge in [-0.3, -0.25) is 14.7 Å². The van der Waals surface area contributed by atoms with Gasteiger partial charge >= 0.3 is 0 Å². The number of carbonyl (C=O) groups is 1. The van der Waals surface area contributed by atoms with Crippen LogP contribution >= 0.6 is 11.3 Å². The summed E-state index contributed by atoms with van der Waals surface area (Å²) in [5.41, 5.74) is 0. The molecule has 1 aromatic heterocycles. The molecule has 0 saturated carbocycles. The Morgan fingerprint density at radius 1 is 1.27 bits per heavy atom. The van der Waals surface area contributed by atoms with Gasteiger partial charge in [-0.15, -0.1) is 11.3 Å². The van der Waals surface area contributed by atoms with Gasteiger partial charge in [-0.2, -0.15) is 0 Å². The zero-order valence-corrected chi connectivity index (χ0v) is 19.6. The van der Waals surface area contributed by atoms with Crippen LogP contribution in [0.25, 0.3) is 0 Å². The maximum atomic E-state index is 12.3. The normalized spacial score (nSPS) is 21.1. The largest absolute Gasteiger partial charge is 0.363 e. The number of piperidine rings is 1. The minimum atomic E-state index is 0.0591. The van der Waals surface area contributed by atoms with E-state index in [1.165, 1.54) is 5.00 Å². The van der Waals surface area contributed by atoms with Crippen LogP contribution in [-0.2, 0) is 4.79 Å². The molecule has 1 unspecified atom stereocenters. The summed E-state index contributed by atoms with van der Waals surface area (Å²) in [6.07, 6.45) is 5.33. The summed E-state index contributed by atoms with van der Waals surface area (Å²) in [6.45, 7) is 7.90. The Hall–Kier alpha value is -1.80. The zero-order chi connectivity index (χ0) is 21.3. The van der Waals surface area contributed by atoms with E-state index in [4.69, 9.17) is 4.99 Å². The predicted octanol–water partition coefficient (Wildman–Crippen LogP) is 2.21. The van der Waals surface area contributed by atoms with Gasteiger partial charge in [0.1, 0.15) is 0 Å². The second kappa shape index (κ2) is 11.6. The summed E-state index contributed by atoms with van der Waals surface area (Å²) < 4.78 is 0. The molecule has 0 aromatic carbocycles. The lowest BCUT2D eigenvalue weighted by Crippen LogP contribution is -2.48. The molecule has 3 rings (SSSR count). The van der Waals surface area contributed by atoms with Crippen molar-refractivity contribution >= 4 is 28.2 Å². The van der Waals surface area contributed by atoms with E-state index in [9.17, 15) is 4.79 Å². The average molecular weight is 435 g/mol. The van der Waals surface area contributed by atoms with Gasteiger partial charge in [-0.1, -0.05) is 0 Å². The smallest absolute Gasteiger partial charge is 0.239 e. The second-order valence-electron chi connectivity index (χ2n) is 8.40. The maximum Gasteiger partial charge on any atom is 0.239 e. The first-order valence-electron chi connectivity index (χ1n) is 11.4. The van der Waals surface area contributed by atoms with Gasteiger partial charge in [0.25, 0.3) is 0 Å². The van der Waals surface area contributed by atoms with Gasteiger partial charge in [-0.25, -0.2) is 0 Å². The molecule has 2 aliphatic heterocycles. The summed E-state index contributed by atoms with van der Waals surface area (Å²) in [5.74, 6) is 1.16. The quantitative estimate of drug-likeness (QED) is 0.373. The number of anilines is 1. The fourth-order valence-electron chi connectivity index (χ4n) is 4.34. The van der Waals surface area contributed by atoms with E-state index in [-0.39, 0.29) is 11.9 Å². The van der Waals surface area contributed by atoms with Crippen molar-refractivity contribution in [1.82, 2.24) is 20.4 Å². The summed E-state index contributed by atoms with van der Waals surface area (Å²) in [7, 11) is 3.70. The number of likely N-dealkylation sites (tertiary alicyclic amines) is 1. The van der Waals surface area contributed by atoms with Gasteiger partial charge in [0.2, 0.25) is 5.91 Å². The minimum absolute atomic E-state index is 0.0591. The Morgan fingerprint density at radius 3 is 2.73 bits per heavy atom. The van der Waals surface area contributed by atoms with Crippen LogP contribution in [0.15, 0.2) is 22.5 Å². The summed E-state index contributed by atoms with van der Waals surface area (Å²) in [4.78, 5) is 23.7. The van der Waals surface area contributed by atoms with Crippen LogP contribution in [0.2, 0.25) is 0 Å². The molecule has 7 nitrogen and oxygen atoms in total. The van der Waals surface area contributed by atoms with Crippen molar-refractivity contribution in [2.45, 2.75) is 51.1 Å². The number of likely N-dealkylation sites (N-methyl/N-ethyl adjacent to an activating group) is 1. The first-order chi connectivity index (χ1) is 14.6. The number of nitrogens with one attached hydrogen (secondary N) is 2. The molecule has 2 aliphatic rings.